The molecule has 4 atom stereocenters. The number of hydrogen-bond donors (Lipinski definition) is 1. The maximum atomic E-state index is 12.5. The molecule has 0 aliphatic heterocycles. The Labute approximate surface area is 160 Å². The third-order valence-corrected chi connectivity index (χ3v) is 7.42. The van der Waals surface area contributed by atoms with Gasteiger partial charge in [0.1, 0.15) is 5.78 Å². The molecule has 3 aliphatic rings. The van der Waals surface area contributed by atoms with Gasteiger partial charge < -0.3 is 8.92 Å². The number of ether oxygens (including phenoxy) is 1. The molecule has 2 saturated carbocycles. The molecule has 27 heavy (non-hydrogen) atoms. The molecule has 7 heteroatoms. The second-order valence-corrected chi connectivity index (χ2v) is 9.49. The monoisotopic (exact) mass is 393 g/mol. The van der Waals surface area contributed by atoms with E-state index in [1.807, 2.05) is 13.0 Å². The highest BCUT2D eigenvalue weighted by atomic mass is 32.2. The number of nitrogens with two attached hydrogens (primary N) is 1. The summed E-state index contributed by atoms with van der Waals surface area (Å²) < 4.78 is 33.4. The molecule has 0 heterocycles. The van der Waals surface area contributed by atoms with Gasteiger partial charge in [0, 0.05) is 11.8 Å². The van der Waals surface area contributed by atoms with Crippen LogP contribution in [0.15, 0.2) is 12.1 Å². The van der Waals surface area contributed by atoms with E-state index in [1.165, 1.54) is 5.56 Å². The number of aryl methyl sites for hydroxylation is 1. The van der Waals surface area contributed by atoms with E-state index < -0.39 is 10.3 Å². The first-order valence-corrected chi connectivity index (χ1v) is 11.2. The minimum absolute atomic E-state index is 0.155. The van der Waals surface area contributed by atoms with Crippen LogP contribution < -0.4 is 14.1 Å². The van der Waals surface area contributed by atoms with Crippen LogP contribution in [0.5, 0.6) is 11.5 Å². The lowest BCUT2D eigenvalue weighted by Gasteiger charge is -2.48. The summed E-state index contributed by atoms with van der Waals surface area (Å²) >= 11 is 0. The summed E-state index contributed by atoms with van der Waals surface area (Å²) in [6.07, 6.45) is 5.49. The van der Waals surface area contributed by atoms with Gasteiger partial charge in [-0.15, -0.1) is 0 Å². The summed E-state index contributed by atoms with van der Waals surface area (Å²) in [5, 5.41) is 5.06. The summed E-state index contributed by atoms with van der Waals surface area (Å²) in [6.45, 7) is 4.41. The Morgan fingerprint density at radius 3 is 2.67 bits per heavy atom. The number of benzene rings is 1. The normalized spacial score (nSPS) is 32.4. The Morgan fingerprint density at radius 2 is 1.96 bits per heavy atom. The molecule has 0 saturated heterocycles. The molecule has 1 aromatic rings. The van der Waals surface area contributed by atoms with E-state index in [2.05, 4.69) is 6.92 Å². The minimum Gasteiger partial charge on any atom is -0.490 e. The van der Waals surface area contributed by atoms with Crippen molar-refractivity contribution in [3.05, 3.63) is 23.3 Å². The molecular formula is C20H27NO5S. The lowest BCUT2D eigenvalue weighted by molar-refractivity contribution is -0.129. The SMILES string of the molecule is CCOc1cc2c(cc1OS(N)(=O)=O)CCC1C2CC[C@]2(C)C(=O)CCC12. The van der Waals surface area contributed by atoms with E-state index in [9.17, 15) is 13.2 Å². The predicted molar refractivity (Wildman–Crippen MR) is 101 cm³/mol. The van der Waals surface area contributed by atoms with Gasteiger partial charge in [-0.1, -0.05) is 6.92 Å². The quantitative estimate of drug-likeness (QED) is 0.848. The molecule has 0 radical (unpaired) electrons. The van der Waals surface area contributed by atoms with Crippen LogP contribution in [0.2, 0.25) is 0 Å². The lowest BCUT2D eigenvalue weighted by atomic mass is 9.55. The summed E-state index contributed by atoms with van der Waals surface area (Å²) in [6, 6.07) is 3.71. The van der Waals surface area contributed by atoms with Gasteiger partial charge in [-0.05, 0) is 80.0 Å². The van der Waals surface area contributed by atoms with E-state index in [-0.39, 0.29) is 11.2 Å². The van der Waals surface area contributed by atoms with Gasteiger partial charge in [-0.25, -0.2) is 0 Å². The molecule has 3 aliphatic carbocycles. The summed E-state index contributed by atoms with van der Waals surface area (Å²) in [7, 11) is -4.11. The number of rotatable bonds is 4. The molecule has 0 spiro atoms. The summed E-state index contributed by atoms with van der Waals surface area (Å²) in [5.74, 6) is 2.36. The maximum Gasteiger partial charge on any atom is 0.380 e. The Kier molecular flexibility index (Phi) is 4.50. The van der Waals surface area contributed by atoms with Gasteiger partial charge in [0.25, 0.3) is 0 Å². The van der Waals surface area contributed by atoms with Gasteiger partial charge in [-0.3, -0.25) is 4.79 Å². The van der Waals surface area contributed by atoms with Gasteiger partial charge in [0.2, 0.25) is 0 Å². The van der Waals surface area contributed by atoms with Gasteiger partial charge >= 0.3 is 10.3 Å². The molecule has 2 fully saturated rings. The zero-order valence-corrected chi connectivity index (χ0v) is 16.7. The molecule has 0 bridgehead atoms. The van der Waals surface area contributed by atoms with Crippen LogP contribution >= 0.6 is 0 Å². The summed E-state index contributed by atoms with van der Waals surface area (Å²) in [5.41, 5.74) is 2.17. The Hall–Kier alpha value is -1.60. The smallest absolute Gasteiger partial charge is 0.380 e. The lowest BCUT2D eigenvalue weighted by Crippen LogP contribution is -2.42. The van der Waals surface area contributed by atoms with Gasteiger partial charge in [0.05, 0.1) is 6.61 Å². The van der Waals surface area contributed by atoms with Crippen molar-refractivity contribution >= 4 is 16.1 Å². The largest absolute Gasteiger partial charge is 0.490 e. The predicted octanol–water partition coefficient (Wildman–Crippen LogP) is 3.09. The first-order valence-electron chi connectivity index (χ1n) is 9.78. The molecule has 0 amide bonds. The van der Waals surface area contributed by atoms with Crippen LogP contribution in [-0.2, 0) is 21.5 Å². The Bertz CT molecular complexity index is 881. The molecule has 2 N–H and O–H groups in total. The van der Waals surface area contributed by atoms with Crippen LogP contribution in [-0.4, -0.2) is 20.8 Å². The van der Waals surface area contributed by atoms with E-state index in [0.717, 1.165) is 37.7 Å². The fourth-order valence-corrected chi connectivity index (χ4v) is 6.19. The first-order chi connectivity index (χ1) is 12.7. The number of ketones is 1. The van der Waals surface area contributed by atoms with Crippen LogP contribution in [0.4, 0.5) is 0 Å². The fraction of sp³-hybridized carbons (Fsp3) is 0.650. The zero-order valence-electron chi connectivity index (χ0n) is 15.9. The van der Waals surface area contributed by atoms with E-state index in [4.69, 9.17) is 14.1 Å². The van der Waals surface area contributed by atoms with Gasteiger partial charge in [0.15, 0.2) is 11.5 Å². The van der Waals surface area contributed by atoms with Crippen molar-refractivity contribution in [3.63, 3.8) is 0 Å². The second kappa shape index (κ2) is 6.48. The van der Waals surface area contributed by atoms with Crippen LogP contribution in [0.3, 0.4) is 0 Å². The van der Waals surface area contributed by atoms with Crippen molar-refractivity contribution < 1.29 is 22.1 Å². The van der Waals surface area contributed by atoms with E-state index in [1.54, 1.807) is 6.07 Å². The third-order valence-electron chi connectivity index (χ3n) is 7.00. The van der Waals surface area contributed by atoms with E-state index in [0.29, 0.717) is 42.3 Å². The van der Waals surface area contributed by atoms with Gasteiger partial charge in [-0.2, -0.15) is 13.6 Å². The molecular weight excluding hydrogens is 366 g/mol. The van der Waals surface area contributed by atoms with Crippen LogP contribution in [0, 0.1) is 17.3 Å². The van der Waals surface area contributed by atoms with Crippen molar-refractivity contribution in [3.8, 4) is 11.5 Å². The Balaban J connectivity index is 1.72. The highest BCUT2D eigenvalue weighted by Gasteiger charge is 2.54. The third kappa shape index (κ3) is 3.14. The maximum absolute atomic E-state index is 12.5. The molecule has 4 rings (SSSR count). The number of hydrogen-bond acceptors (Lipinski definition) is 5. The standard InChI is InChI=1S/C20H27NO5S/c1-3-25-17-11-15-12(10-18(17)26-27(21,23)24)4-5-14-13(15)8-9-20(2)16(14)6-7-19(20)22/h10-11,13-14,16H,3-9H2,1-2H3,(H2,21,23,24)/t13?,14?,16?,20-/m0/s1. The molecule has 1 aromatic carbocycles. The average Bonchev–Trinajstić information content (AvgIpc) is 2.89. The van der Waals surface area contributed by atoms with Crippen molar-refractivity contribution in [1.29, 1.82) is 0 Å². The number of Topliss-reactive ketones (excluding diaryl/α,β-unsaturated/α-hetero) is 1. The topological polar surface area (TPSA) is 95.7 Å². The van der Waals surface area contributed by atoms with Crippen molar-refractivity contribution in [2.75, 3.05) is 6.61 Å². The molecule has 148 valence electrons. The van der Waals surface area contributed by atoms with Crippen molar-refractivity contribution in [1.82, 2.24) is 0 Å². The highest BCUT2D eigenvalue weighted by molar-refractivity contribution is 7.84. The molecule has 3 unspecified atom stereocenters. The fourth-order valence-electron chi connectivity index (χ4n) is 5.81. The highest BCUT2D eigenvalue weighted by Crippen LogP contribution is 2.60. The average molecular weight is 394 g/mol. The number of carbonyl (C=O) groups excluding carboxylic acids is 1. The van der Waals surface area contributed by atoms with Crippen molar-refractivity contribution in [2.45, 2.75) is 58.3 Å². The number of carbonyl (C=O) groups is 1. The van der Waals surface area contributed by atoms with Crippen LogP contribution in [0.1, 0.15) is 63.0 Å². The van der Waals surface area contributed by atoms with Crippen LogP contribution in [0.25, 0.3) is 0 Å². The minimum atomic E-state index is -4.11. The molecule has 6 nitrogen and oxygen atoms in total. The summed E-state index contributed by atoms with van der Waals surface area (Å²) in [4.78, 5) is 12.5. The molecule has 0 aromatic heterocycles. The Morgan fingerprint density at radius 1 is 1.19 bits per heavy atom. The van der Waals surface area contributed by atoms with Crippen molar-refractivity contribution in [2.24, 2.45) is 22.4 Å². The first kappa shape index (κ1) is 18.7. The zero-order chi connectivity index (χ0) is 19.4. The van der Waals surface area contributed by atoms with E-state index >= 15 is 0 Å². The second-order valence-electron chi connectivity index (χ2n) is 8.34. The number of fused-ring (bicyclic) bond motifs is 5.